The second kappa shape index (κ2) is 7.66. The molecule has 1 fully saturated rings. The van der Waals surface area contributed by atoms with Crippen LogP contribution in [0, 0.1) is 5.92 Å². The Kier molecular flexibility index (Phi) is 5.87. The maximum absolute atomic E-state index is 9.47. The summed E-state index contributed by atoms with van der Waals surface area (Å²) in [5, 5.41) is 13.0. The lowest BCUT2D eigenvalue weighted by atomic mass is 9.87. The van der Waals surface area contributed by atoms with Crippen molar-refractivity contribution in [2.75, 3.05) is 13.1 Å². The maximum Gasteiger partial charge on any atom is 0.0540 e. The number of nitrogens with one attached hydrogen (secondary N) is 1. The van der Waals surface area contributed by atoms with Gasteiger partial charge in [0, 0.05) is 0 Å². The lowest BCUT2D eigenvalue weighted by molar-refractivity contribution is 0.108. The summed E-state index contributed by atoms with van der Waals surface area (Å²) >= 11 is 0. The van der Waals surface area contributed by atoms with Crippen molar-refractivity contribution in [2.24, 2.45) is 5.92 Å². The molecule has 2 nitrogen and oxygen atoms in total. The number of hydrogen-bond acceptors (Lipinski definition) is 2. The van der Waals surface area contributed by atoms with E-state index < -0.39 is 0 Å². The summed E-state index contributed by atoms with van der Waals surface area (Å²) in [6.07, 6.45) is 6.54. The van der Waals surface area contributed by atoms with Gasteiger partial charge in [0.25, 0.3) is 0 Å². The van der Waals surface area contributed by atoms with Crippen molar-refractivity contribution in [3.8, 4) is 0 Å². The molecule has 106 valence electrons. The Labute approximate surface area is 117 Å². The van der Waals surface area contributed by atoms with Crippen LogP contribution in [-0.2, 0) is 12.8 Å². The number of hydrogen-bond donors (Lipinski definition) is 2. The molecule has 0 unspecified atom stereocenters. The second-order valence-electron chi connectivity index (χ2n) is 5.80. The van der Waals surface area contributed by atoms with Gasteiger partial charge in [-0.3, -0.25) is 0 Å². The molecular formula is C17H27NO. The summed E-state index contributed by atoms with van der Waals surface area (Å²) in [5.74, 6) is 0.769. The fourth-order valence-corrected chi connectivity index (χ4v) is 2.83. The van der Waals surface area contributed by atoms with Crippen molar-refractivity contribution in [3.63, 3.8) is 0 Å². The van der Waals surface area contributed by atoms with Crippen molar-refractivity contribution in [1.29, 1.82) is 0 Å². The molecule has 1 aromatic rings. The van der Waals surface area contributed by atoms with E-state index in [2.05, 4.69) is 36.5 Å². The first-order chi connectivity index (χ1) is 9.28. The minimum atomic E-state index is -0.0340. The fourth-order valence-electron chi connectivity index (χ4n) is 2.83. The summed E-state index contributed by atoms with van der Waals surface area (Å²) < 4.78 is 0. The molecule has 0 spiro atoms. The normalized spacial score (nSPS) is 23.5. The minimum Gasteiger partial charge on any atom is -0.393 e. The van der Waals surface area contributed by atoms with Gasteiger partial charge < -0.3 is 10.4 Å². The lowest BCUT2D eigenvalue weighted by Gasteiger charge is -2.25. The van der Waals surface area contributed by atoms with Gasteiger partial charge in [0.05, 0.1) is 6.10 Å². The van der Waals surface area contributed by atoms with Gasteiger partial charge in [-0.1, -0.05) is 31.2 Å². The minimum absolute atomic E-state index is 0.0340. The van der Waals surface area contributed by atoms with E-state index in [4.69, 9.17) is 0 Å². The molecule has 0 radical (unpaired) electrons. The number of benzene rings is 1. The molecule has 0 aromatic heterocycles. The third-order valence-electron chi connectivity index (χ3n) is 4.27. The van der Waals surface area contributed by atoms with Crippen LogP contribution in [0.2, 0.25) is 0 Å². The van der Waals surface area contributed by atoms with Gasteiger partial charge >= 0.3 is 0 Å². The van der Waals surface area contributed by atoms with E-state index in [-0.39, 0.29) is 6.10 Å². The molecule has 0 amide bonds. The second-order valence-corrected chi connectivity index (χ2v) is 5.80. The van der Waals surface area contributed by atoms with E-state index in [9.17, 15) is 5.11 Å². The average molecular weight is 261 g/mol. The molecule has 2 rings (SSSR count). The zero-order chi connectivity index (χ0) is 13.5. The van der Waals surface area contributed by atoms with E-state index in [0.717, 1.165) is 44.7 Å². The topological polar surface area (TPSA) is 32.3 Å². The number of aryl methyl sites for hydroxylation is 1. The van der Waals surface area contributed by atoms with Crippen LogP contribution in [-0.4, -0.2) is 24.3 Å². The number of aliphatic hydroxyl groups excluding tert-OH is 1. The van der Waals surface area contributed by atoms with Crippen LogP contribution in [0.25, 0.3) is 0 Å². The Hall–Kier alpha value is -0.860. The number of aliphatic hydroxyl groups is 1. The smallest absolute Gasteiger partial charge is 0.0540 e. The molecule has 0 aliphatic heterocycles. The Morgan fingerprint density at radius 3 is 2.32 bits per heavy atom. The first-order valence-electron chi connectivity index (χ1n) is 7.74. The van der Waals surface area contributed by atoms with Gasteiger partial charge in [0.15, 0.2) is 0 Å². The highest BCUT2D eigenvalue weighted by Crippen LogP contribution is 2.23. The average Bonchev–Trinajstić information content (AvgIpc) is 2.46. The highest BCUT2D eigenvalue weighted by atomic mass is 16.3. The molecule has 2 N–H and O–H groups in total. The quantitative estimate of drug-likeness (QED) is 0.772. The molecule has 1 aliphatic carbocycles. The Morgan fingerprint density at radius 2 is 1.68 bits per heavy atom. The predicted octanol–water partition coefficient (Wildman–Crippen LogP) is 2.93. The zero-order valence-electron chi connectivity index (χ0n) is 12.1. The van der Waals surface area contributed by atoms with Crippen LogP contribution < -0.4 is 5.32 Å². The first kappa shape index (κ1) is 14.5. The van der Waals surface area contributed by atoms with E-state index in [0.29, 0.717) is 0 Å². The van der Waals surface area contributed by atoms with Crippen LogP contribution in [0.3, 0.4) is 0 Å². The van der Waals surface area contributed by atoms with Gasteiger partial charge in [0.2, 0.25) is 0 Å². The van der Waals surface area contributed by atoms with Crippen LogP contribution in [0.4, 0.5) is 0 Å². The van der Waals surface area contributed by atoms with E-state index in [1.54, 1.807) is 0 Å². The molecule has 19 heavy (non-hydrogen) atoms. The Morgan fingerprint density at radius 1 is 1.05 bits per heavy atom. The molecule has 1 saturated carbocycles. The van der Waals surface area contributed by atoms with Crippen LogP contribution in [0.1, 0.15) is 43.7 Å². The SMILES string of the molecule is CCc1ccc(CCNCC2CCC(O)CC2)cc1. The van der Waals surface area contributed by atoms with Crippen molar-refractivity contribution < 1.29 is 5.11 Å². The van der Waals surface area contributed by atoms with Gasteiger partial charge in [-0.05, 0) is 68.7 Å². The molecule has 2 heteroatoms. The molecule has 1 aliphatic rings. The molecule has 0 atom stereocenters. The van der Waals surface area contributed by atoms with Crippen molar-refractivity contribution >= 4 is 0 Å². The summed E-state index contributed by atoms with van der Waals surface area (Å²) in [7, 11) is 0. The van der Waals surface area contributed by atoms with Crippen molar-refractivity contribution in [3.05, 3.63) is 35.4 Å². The van der Waals surface area contributed by atoms with Crippen LogP contribution in [0.15, 0.2) is 24.3 Å². The molecule has 0 saturated heterocycles. The van der Waals surface area contributed by atoms with Crippen molar-refractivity contribution in [1.82, 2.24) is 5.32 Å². The van der Waals surface area contributed by atoms with Crippen molar-refractivity contribution in [2.45, 2.75) is 51.6 Å². The molecular weight excluding hydrogens is 234 g/mol. The van der Waals surface area contributed by atoms with Gasteiger partial charge in [0.1, 0.15) is 0 Å². The fraction of sp³-hybridized carbons (Fsp3) is 0.647. The van der Waals surface area contributed by atoms with Gasteiger partial charge in [-0.15, -0.1) is 0 Å². The van der Waals surface area contributed by atoms with E-state index in [1.807, 2.05) is 0 Å². The summed E-state index contributed by atoms with van der Waals surface area (Å²) in [5.41, 5.74) is 2.83. The van der Waals surface area contributed by atoms with Gasteiger partial charge in [-0.25, -0.2) is 0 Å². The third-order valence-corrected chi connectivity index (χ3v) is 4.27. The Balaban J connectivity index is 1.61. The standard InChI is InChI=1S/C17H27NO/c1-2-14-3-5-15(6-4-14)11-12-18-13-16-7-9-17(19)10-8-16/h3-6,16-19H,2,7-13H2,1H3. The molecule has 0 bridgehead atoms. The zero-order valence-corrected chi connectivity index (χ0v) is 12.1. The van der Waals surface area contributed by atoms with Crippen LogP contribution in [0.5, 0.6) is 0 Å². The van der Waals surface area contributed by atoms with Crippen LogP contribution >= 0.6 is 0 Å². The summed E-state index contributed by atoms with van der Waals surface area (Å²) in [6, 6.07) is 8.96. The van der Waals surface area contributed by atoms with E-state index >= 15 is 0 Å². The Bertz CT molecular complexity index is 352. The monoisotopic (exact) mass is 261 g/mol. The van der Waals surface area contributed by atoms with E-state index in [1.165, 1.54) is 24.0 Å². The number of rotatable bonds is 6. The highest BCUT2D eigenvalue weighted by molar-refractivity contribution is 5.22. The first-order valence-corrected chi connectivity index (χ1v) is 7.74. The third kappa shape index (κ3) is 4.96. The maximum atomic E-state index is 9.47. The molecule has 0 heterocycles. The largest absolute Gasteiger partial charge is 0.393 e. The lowest BCUT2D eigenvalue weighted by Crippen LogP contribution is -2.29. The highest BCUT2D eigenvalue weighted by Gasteiger charge is 2.18. The predicted molar refractivity (Wildman–Crippen MR) is 80.4 cm³/mol. The summed E-state index contributed by atoms with van der Waals surface area (Å²) in [4.78, 5) is 0. The van der Waals surface area contributed by atoms with Gasteiger partial charge in [-0.2, -0.15) is 0 Å². The summed E-state index contributed by atoms with van der Waals surface area (Å²) in [6.45, 7) is 4.36. The molecule has 1 aromatic carbocycles.